The molecule has 12 nitrogen and oxygen atoms in total. The fourth-order valence-electron chi connectivity index (χ4n) is 12.6. The molecule has 8 aromatic rings. The van der Waals surface area contributed by atoms with E-state index in [0.717, 1.165) is 69.0 Å². The second-order valence-electron chi connectivity index (χ2n) is 30.5. The third-order valence-electron chi connectivity index (χ3n) is 19.8. The fraction of sp³-hybridized carbons (Fsp3) is 0.591. The minimum atomic E-state index is 0.385. The molecule has 7 aromatic heterocycles. The van der Waals surface area contributed by atoms with Crippen molar-refractivity contribution in [2.24, 2.45) is 0 Å². The number of benzene rings is 1. The van der Waals surface area contributed by atoms with E-state index in [9.17, 15) is 0 Å². The van der Waals surface area contributed by atoms with Crippen molar-refractivity contribution in [1.82, 2.24) is 59.8 Å². The number of hydrogen-bond acceptors (Lipinski definition) is 12. The Bertz CT molecular complexity index is 3910. The highest BCUT2D eigenvalue weighted by molar-refractivity contribution is 5.51. The van der Waals surface area contributed by atoms with Crippen molar-refractivity contribution in [1.29, 1.82) is 0 Å². The molecule has 0 saturated heterocycles. The molecule has 0 bridgehead atoms. The Morgan fingerprint density at radius 3 is 0.810 bits per heavy atom. The minimum Gasteiger partial charge on any atom is -0.258 e. The third-order valence-corrected chi connectivity index (χ3v) is 19.8. The molecule has 552 valence electrons. The van der Waals surface area contributed by atoms with Crippen molar-refractivity contribution >= 4 is 0 Å². The highest BCUT2D eigenvalue weighted by Crippen LogP contribution is 2.32. The summed E-state index contributed by atoms with van der Waals surface area (Å²) in [6.07, 6.45) is 0. The number of nitrogens with zero attached hydrogens (tertiary/aromatic N) is 12. The molecule has 8 rings (SSSR count). The van der Waals surface area contributed by atoms with Crippen LogP contribution in [0.3, 0.4) is 0 Å². The van der Waals surface area contributed by atoms with Crippen molar-refractivity contribution in [3.05, 3.63) is 203 Å². The summed E-state index contributed by atoms with van der Waals surface area (Å²) in [5.41, 5.74) is 39.7. The molecule has 1 aromatic carbocycles. The predicted molar refractivity (Wildman–Crippen MR) is 430 cm³/mol. The molecule has 0 aliphatic heterocycles. The summed E-state index contributed by atoms with van der Waals surface area (Å²) in [5.74, 6) is 8.42. The summed E-state index contributed by atoms with van der Waals surface area (Å²) in [5, 5.41) is 0. The van der Waals surface area contributed by atoms with Crippen LogP contribution in [0, 0.1) is 194 Å². The molecule has 0 spiro atoms. The van der Waals surface area contributed by atoms with Gasteiger partial charge in [0.25, 0.3) is 0 Å². The Labute approximate surface area is 611 Å². The second-order valence-corrected chi connectivity index (χ2v) is 30.5. The zero-order valence-corrected chi connectivity index (χ0v) is 72.0. The van der Waals surface area contributed by atoms with Crippen LogP contribution >= 0.6 is 0 Å². The molecule has 7 heterocycles. The number of rotatable bonds is 8. The zero-order chi connectivity index (χ0) is 77.9. The SMILES string of the molecule is Cc1c(C)c(C)c(C(C)C)c(C)c1C.Cc1nc(C(C)C)c(C)c(C)c1C.Cc1nc(C(C)C)nc(C)c1C.Cc1nc(C)c(C(C)C)c(C)c1C.Cc1nc(C)c(C(C)C)nc1C.Cc1nc(C)c(C)c(C(C)C)c1C.Cc1nc(C)c(C)c(C(C)C)n1.Cc1nc(C)nc(C(C)C)n1. The quantitative estimate of drug-likeness (QED) is 0.142. The Morgan fingerprint density at radius 2 is 0.410 bits per heavy atom. The van der Waals surface area contributed by atoms with Crippen molar-refractivity contribution in [3.8, 4) is 0 Å². The van der Waals surface area contributed by atoms with Gasteiger partial charge in [0, 0.05) is 68.8 Å². The smallest absolute Gasteiger partial charge is 0.135 e. The van der Waals surface area contributed by atoms with Gasteiger partial charge in [-0.25, -0.2) is 34.9 Å². The molecule has 0 N–H and O–H groups in total. The largest absolute Gasteiger partial charge is 0.258 e. The van der Waals surface area contributed by atoms with Gasteiger partial charge >= 0.3 is 0 Å². The summed E-state index contributed by atoms with van der Waals surface area (Å²) >= 11 is 0. The van der Waals surface area contributed by atoms with Gasteiger partial charge in [-0.05, 0) is 324 Å². The van der Waals surface area contributed by atoms with E-state index in [4.69, 9.17) is 0 Å². The number of aromatic nitrogens is 12. The van der Waals surface area contributed by atoms with Gasteiger partial charge in [0.15, 0.2) is 0 Å². The normalized spacial score (nSPS) is 10.9. The molecule has 0 radical (unpaired) electrons. The van der Waals surface area contributed by atoms with E-state index in [1.807, 2.05) is 62.3 Å². The maximum Gasteiger partial charge on any atom is 0.135 e. The maximum absolute atomic E-state index is 4.63. The molecule has 0 amide bonds. The highest BCUT2D eigenvalue weighted by atomic mass is 15.0. The van der Waals surface area contributed by atoms with Gasteiger partial charge in [-0.3, -0.25) is 24.9 Å². The van der Waals surface area contributed by atoms with Crippen LogP contribution in [0.25, 0.3) is 0 Å². The van der Waals surface area contributed by atoms with Gasteiger partial charge in [-0.15, -0.1) is 0 Å². The first kappa shape index (κ1) is 90.9. The van der Waals surface area contributed by atoms with E-state index in [1.165, 1.54) is 129 Å². The molecular weight excluding hydrogens is 1230 g/mol. The zero-order valence-electron chi connectivity index (χ0n) is 72.0. The first-order chi connectivity index (χ1) is 45.9. The second kappa shape index (κ2) is 40.5. The molecule has 100 heavy (non-hydrogen) atoms. The minimum absolute atomic E-state index is 0.385. The van der Waals surface area contributed by atoms with Crippen LogP contribution in [0.15, 0.2) is 0 Å². The van der Waals surface area contributed by atoms with Crippen LogP contribution in [0.2, 0.25) is 0 Å². The molecule has 0 fully saturated rings. The first-order valence-electron chi connectivity index (χ1n) is 36.9. The lowest BCUT2D eigenvalue weighted by Crippen LogP contribution is -2.04. The highest BCUT2D eigenvalue weighted by Gasteiger charge is 2.18. The monoisotopic (exact) mass is 1370 g/mol. The molecule has 12 heteroatoms. The Balaban J connectivity index is 0.000000572. The van der Waals surface area contributed by atoms with Gasteiger partial charge in [-0.2, -0.15) is 0 Å². The van der Waals surface area contributed by atoms with E-state index in [0.29, 0.717) is 47.3 Å². The number of aryl methyl sites for hydroxylation is 14. The van der Waals surface area contributed by atoms with Gasteiger partial charge in [0.05, 0.1) is 22.8 Å². The Kier molecular flexibility index (Phi) is 36.9. The first-order valence-corrected chi connectivity index (χ1v) is 36.9. The predicted octanol–water partition coefficient (Wildman–Crippen LogP) is 23.9. The summed E-state index contributed by atoms with van der Waals surface area (Å²) in [4.78, 5) is 52.7. The molecular formula is C88H140N12. The number of hydrogen-bond donors (Lipinski definition) is 0. The van der Waals surface area contributed by atoms with Crippen molar-refractivity contribution < 1.29 is 0 Å². The summed E-state index contributed by atoms with van der Waals surface area (Å²) in [7, 11) is 0. The van der Waals surface area contributed by atoms with Crippen LogP contribution in [0.1, 0.15) is 362 Å². The standard InChI is InChI=1S/C14H22.3C12H19N.3C10H16N2.C8H13N3/c1-8(2)14-12(6)10(4)9(3)11(5)13(14)7;1-7(2)12-8(3)10(5)13-11(6)9(12)4;1-7(2)12-9(4)8(3)10(5)13-11(12)6;1-7(2)12-10(5)8(3)9(4)11(6)13-12;1-6(2)10-9(5)11-7(3)8(4)12-10;1-6(2)10-7(3)8(4)11-9(5)12-10;1-6(2)10-11-8(4)7(3)9(5)12-10;1-5(2)8-10-6(3)9-7(4)11-8/h8H,1-7H3;3*7H,1-6H3;3*6H,1-5H3;5H,1-4H3. The average Bonchev–Trinajstić information content (AvgIpc) is 0.803. The van der Waals surface area contributed by atoms with Crippen molar-refractivity contribution in [2.75, 3.05) is 0 Å². The van der Waals surface area contributed by atoms with Crippen LogP contribution < -0.4 is 0 Å². The van der Waals surface area contributed by atoms with Crippen LogP contribution in [-0.2, 0) is 0 Å². The van der Waals surface area contributed by atoms with Crippen molar-refractivity contribution in [3.63, 3.8) is 0 Å². The Morgan fingerprint density at radius 1 is 0.140 bits per heavy atom. The van der Waals surface area contributed by atoms with E-state index >= 15 is 0 Å². The molecule has 0 aliphatic carbocycles. The summed E-state index contributed by atoms with van der Waals surface area (Å²) in [6, 6.07) is 0. The van der Waals surface area contributed by atoms with Gasteiger partial charge in [0.1, 0.15) is 29.1 Å². The van der Waals surface area contributed by atoms with E-state index in [-0.39, 0.29) is 0 Å². The van der Waals surface area contributed by atoms with Gasteiger partial charge in [-0.1, -0.05) is 111 Å². The summed E-state index contributed by atoms with van der Waals surface area (Å²) in [6.45, 7) is 93.8. The van der Waals surface area contributed by atoms with Crippen LogP contribution in [-0.4, -0.2) is 59.8 Å². The lowest BCUT2D eigenvalue weighted by atomic mass is 9.85. The number of pyridine rings is 3. The fourth-order valence-corrected chi connectivity index (χ4v) is 12.6. The van der Waals surface area contributed by atoms with E-state index in [1.54, 1.807) is 5.56 Å². The van der Waals surface area contributed by atoms with Crippen LogP contribution in [0.5, 0.6) is 0 Å². The maximum atomic E-state index is 4.63. The van der Waals surface area contributed by atoms with E-state index in [2.05, 4.69) is 302 Å². The Hall–Kier alpha value is -7.08. The van der Waals surface area contributed by atoms with Crippen LogP contribution in [0.4, 0.5) is 0 Å². The molecule has 0 unspecified atom stereocenters. The summed E-state index contributed by atoms with van der Waals surface area (Å²) < 4.78 is 0. The third kappa shape index (κ3) is 25.8. The topological polar surface area (TPSA) is 155 Å². The molecule has 0 aliphatic rings. The van der Waals surface area contributed by atoms with E-state index < -0.39 is 0 Å². The lowest BCUT2D eigenvalue weighted by molar-refractivity contribution is 0.732. The lowest BCUT2D eigenvalue weighted by Gasteiger charge is -2.21. The van der Waals surface area contributed by atoms with Gasteiger partial charge in [0.2, 0.25) is 0 Å². The van der Waals surface area contributed by atoms with Gasteiger partial charge < -0.3 is 0 Å². The molecule has 0 atom stereocenters. The van der Waals surface area contributed by atoms with Crippen molar-refractivity contribution in [2.45, 2.75) is 352 Å². The molecule has 0 saturated carbocycles. The average molecular weight is 1370 g/mol.